The number of aromatic nitrogens is 5. The number of aromatic amines is 1. The van der Waals surface area contributed by atoms with Gasteiger partial charge in [-0.2, -0.15) is 0 Å². The summed E-state index contributed by atoms with van der Waals surface area (Å²) in [5.74, 6) is -1.16. The van der Waals surface area contributed by atoms with Gasteiger partial charge in [-0.3, -0.25) is 14.3 Å². The first-order valence-electron chi connectivity index (χ1n) is 7.33. The predicted molar refractivity (Wildman–Crippen MR) is 78.7 cm³/mol. The number of carboxylic acid groups (broad SMARTS) is 1. The van der Waals surface area contributed by atoms with E-state index in [0.29, 0.717) is 18.8 Å². The molecule has 1 aliphatic heterocycles. The van der Waals surface area contributed by atoms with Gasteiger partial charge in [-0.25, -0.2) is 4.98 Å². The summed E-state index contributed by atoms with van der Waals surface area (Å²) in [7, 11) is 1.76. The average Bonchev–Trinajstić information content (AvgIpc) is 3.18. The SMILES string of the molecule is Cc1cnc(C(=O)N2CC(CC(=O)O)C(c3cn(C)nn3)C2)[nH]1. The number of imidazole rings is 1. The van der Waals surface area contributed by atoms with Crippen LogP contribution < -0.4 is 0 Å². The molecule has 23 heavy (non-hydrogen) atoms. The molecule has 2 N–H and O–H groups in total. The third-order valence-corrected chi connectivity index (χ3v) is 4.07. The van der Waals surface area contributed by atoms with E-state index in [4.69, 9.17) is 5.11 Å². The van der Waals surface area contributed by atoms with Crippen LogP contribution in [0.2, 0.25) is 0 Å². The number of H-pyrrole nitrogens is 1. The standard InChI is InChI=1S/C14H18N6O3/c1-8-4-15-13(16-8)14(23)20-5-9(3-12(21)22)10(6-20)11-7-19(2)18-17-11/h4,7,9-10H,3,5-6H2,1-2H3,(H,15,16)(H,21,22). The number of hydrogen-bond acceptors (Lipinski definition) is 5. The maximum Gasteiger partial charge on any atom is 0.303 e. The first-order chi connectivity index (χ1) is 10.9. The van der Waals surface area contributed by atoms with Crippen molar-refractivity contribution in [1.29, 1.82) is 0 Å². The molecule has 2 aromatic rings. The van der Waals surface area contributed by atoms with E-state index in [9.17, 15) is 9.59 Å². The van der Waals surface area contributed by atoms with Crippen molar-refractivity contribution >= 4 is 11.9 Å². The van der Waals surface area contributed by atoms with Crippen LogP contribution in [0.3, 0.4) is 0 Å². The third kappa shape index (κ3) is 3.08. The Bertz CT molecular complexity index is 736. The fraction of sp³-hybridized carbons (Fsp3) is 0.500. The van der Waals surface area contributed by atoms with Crippen molar-refractivity contribution in [2.45, 2.75) is 19.3 Å². The highest BCUT2D eigenvalue weighted by molar-refractivity contribution is 5.91. The zero-order valence-corrected chi connectivity index (χ0v) is 12.9. The predicted octanol–water partition coefficient (Wildman–Crippen LogP) is 0.177. The summed E-state index contributed by atoms with van der Waals surface area (Å²) in [6.45, 7) is 2.60. The first kappa shape index (κ1) is 15.2. The lowest BCUT2D eigenvalue weighted by atomic mass is 9.91. The number of rotatable bonds is 4. The molecule has 0 aliphatic carbocycles. The second kappa shape index (κ2) is 5.82. The van der Waals surface area contributed by atoms with Gasteiger partial charge >= 0.3 is 5.97 Å². The molecule has 2 aromatic heterocycles. The Balaban J connectivity index is 1.82. The Labute approximate surface area is 132 Å². The number of aryl methyl sites for hydroxylation is 2. The smallest absolute Gasteiger partial charge is 0.303 e. The van der Waals surface area contributed by atoms with Crippen molar-refractivity contribution in [2.24, 2.45) is 13.0 Å². The number of likely N-dealkylation sites (tertiary alicyclic amines) is 1. The van der Waals surface area contributed by atoms with E-state index >= 15 is 0 Å². The van der Waals surface area contributed by atoms with E-state index in [1.165, 1.54) is 0 Å². The van der Waals surface area contributed by atoms with E-state index < -0.39 is 5.97 Å². The van der Waals surface area contributed by atoms with Crippen molar-refractivity contribution in [3.63, 3.8) is 0 Å². The normalized spacial score (nSPS) is 20.9. The largest absolute Gasteiger partial charge is 0.481 e. The maximum absolute atomic E-state index is 12.5. The number of carboxylic acids is 1. The van der Waals surface area contributed by atoms with E-state index in [1.54, 1.807) is 29.0 Å². The second-order valence-corrected chi connectivity index (χ2v) is 5.91. The van der Waals surface area contributed by atoms with Crippen LogP contribution in [0.15, 0.2) is 12.4 Å². The molecular formula is C14H18N6O3. The number of nitrogens with zero attached hydrogens (tertiary/aromatic N) is 5. The summed E-state index contributed by atoms with van der Waals surface area (Å²) >= 11 is 0. The number of carbonyl (C=O) groups is 2. The summed E-state index contributed by atoms with van der Waals surface area (Å²) in [5.41, 5.74) is 1.52. The fourth-order valence-electron chi connectivity index (χ4n) is 3.01. The molecule has 2 unspecified atom stereocenters. The summed E-state index contributed by atoms with van der Waals surface area (Å²) in [5, 5.41) is 17.1. The lowest BCUT2D eigenvalue weighted by molar-refractivity contribution is -0.138. The van der Waals surface area contributed by atoms with Crippen LogP contribution in [0.1, 0.15) is 34.3 Å². The van der Waals surface area contributed by atoms with Gasteiger partial charge in [0.2, 0.25) is 0 Å². The molecule has 0 bridgehead atoms. The molecule has 1 aliphatic rings. The Morgan fingerprint density at radius 2 is 2.22 bits per heavy atom. The van der Waals surface area contributed by atoms with Crippen molar-refractivity contribution < 1.29 is 14.7 Å². The van der Waals surface area contributed by atoms with Crippen molar-refractivity contribution in [2.75, 3.05) is 13.1 Å². The lowest BCUT2D eigenvalue weighted by Crippen LogP contribution is -2.30. The Morgan fingerprint density at radius 1 is 1.43 bits per heavy atom. The minimum atomic E-state index is -0.882. The minimum Gasteiger partial charge on any atom is -0.481 e. The van der Waals surface area contributed by atoms with Gasteiger partial charge < -0.3 is 15.0 Å². The van der Waals surface area contributed by atoms with E-state index in [-0.39, 0.29) is 30.0 Å². The number of nitrogens with one attached hydrogen (secondary N) is 1. The first-order valence-corrected chi connectivity index (χ1v) is 7.33. The van der Waals surface area contributed by atoms with Crippen LogP contribution >= 0.6 is 0 Å². The van der Waals surface area contributed by atoms with Gasteiger partial charge in [-0.15, -0.1) is 5.10 Å². The van der Waals surface area contributed by atoms with Gasteiger partial charge in [0.15, 0.2) is 5.82 Å². The molecular weight excluding hydrogens is 300 g/mol. The zero-order valence-electron chi connectivity index (χ0n) is 12.9. The number of carbonyl (C=O) groups excluding carboxylic acids is 1. The van der Waals surface area contributed by atoms with Gasteiger partial charge in [0, 0.05) is 44.1 Å². The Kier molecular flexibility index (Phi) is 3.85. The topological polar surface area (TPSA) is 117 Å². The van der Waals surface area contributed by atoms with Gasteiger partial charge in [0.25, 0.3) is 5.91 Å². The Hall–Kier alpha value is -2.71. The van der Waals surface area contributed by atoms with E-state index in [2.05, 4.69) is 20.3 Å². The molecule has 0 radical (unpaired) electrons. The van der Waals surface area contributed by atoms with E-state index in [1.807, 2.05) is 6.92 Å². The van der Waals surface area contributed by atoms with Gasteiger partial charge in [-0.05, 0) is 12.8 Å². The number of hydrogen-bond donors (Lipinski definition) is 2. The van der Waals surface area contributed by atoms with Gasteiger partial charge in [0.05, 0.1) is 12.1 Å². The van der Waals surface area contributed by atoms with Crippen LogP contribution in [0.4, 0.5) is 0 Å². The van der Waals surface area contributed by atoms with Crippen LogP contribution in [-0.2, 0) is 11.8 Å². The van der Waals surface area contributed by atoms with Crippen molar-refractivity contribution in [3.8, 4) is 0 Å². The van der Waals surface area contributed by atoms with Crippen molar-refractivity contribution in [3.05, 3.63) is 29.6 Å². The molecule has 3 heterocycles. The maximum atomic E-state index is 12.5. The molecule has 0 spiro atoms. The molecule has 0 saturated carbocycles. The third-order valence-electron chi connectivity index (χ3n) is 4.07. The molecule has 9 nitrogen and oxygen atoms in total. The summed E-state index contributed by atoms with van der Waals surface area (Å²) in [4.78, 5) is 32.2. The number of aliphatic carboxylic acids is 1. The lowest BCUT2D eigenvalue weighted by Gasteiger charge is -2.14. The van der Waals surface area contributed by atoms with Crippen LogP contribution in [0, 0.1) is 12.8 Å². The number of amides is 1. The quantitative estimate of drug-likeness (QED) is 0.830. The average molecular weight is 318 g/mol. The molecule has 1 saturated heterocycles. The highest BCUT2D eigenvalue weighted by Crippen LogP contribution is 2.34. The highest BCUT2D eigenvalue weighted by Gasteiger charge is 2.39. The molecule has 122 valence electrons. The fourth-order valence-corrected chi connectivity index (χ4v) is 3.01. The van der Waals surface area contributed by atoms with Crippen molar-refractivity contribution in [1.82, 2.24) is 29.9 Å². The van der Waals surface area contributed by atoms with Crippen LogP contribution in [-0.4, -0.2) is 59.9 Å². The van der Waals surface area contributed by atoms with Gasteiger partial charge in [0.1, 0.15) is 0 Å². The monoisotopic (exact) mass is 318 g/mol. The van der Waals surface area contributed by atoms with Crippen LogP contribution in [0.5, 0.6) is 0 Å². The summed E-state index contributed by atoms with van der Waals surface area (Å²) in [6, 6.07) is 0. The van der Waals surface area contributed by atoms with Crippen LogP contribution in [0.25, 0.3) is 0 Å². The minimum absolute atomic E-state index is 0.0117. The van der Waals surface area contributed by atoms with E-state index in [0.717, 1.165) is 5.69 Å². The molecule has 1 amide bonds. The molecule has 1 fully saturated rings. The molecule has 2 atom stereocenters. The molecule has 3 rings (SSSR count). The highest BCUT2D eigenvalue weighted by atomic mass is 16.4. The summed E-state index contributed by atoms with van der Waals surface area (Å²) < 4.78 is 1.58. The van der Waals surface area contributed by atoms with Gasteiger partial charge in [-0.1, -0.05) is 5.21 Å². The second-order valence-electron chi connectivity index (χ2n) is 5.91. The summed E-state index contributed by atoms with van der Waals surface area (Å²) in [6.07, 6.45) is 3.35. The zero-order chi connectivity index (χ0) is 16.6. The Morgan fingerprint density at radius 3 is 2.78 bits per heavy atom. The molecule has 9 heteroatoms. The molecule has 0 aromatic carbocycles.